The maximum Gasteiger partial charge on any atom is 0.0576 e. The lowest BCUT2D eigenvalue weighted by atomic mass is 10.1. The first-order chi connectivity index (χ1) is 8.13. The molecule has 3 heteroatoms. The fourth-order valence-corrected chi connectivity index (χ4v) is 2.26. The molecule has 0 aromatic heterocycles. The molecular formula is C14H23BrN2. The van der Waals surface area contributed by atoms with Crippen molar-refractivity contribution in [3.8, 4) is 0 Å². The molecule has 17 heavy (non-hydrogen) atoms. The highest BCUT2D eigenvalue weighted by atomic mass is 79.9. The Kier molecular flexibility index (Phi) is 6.41. The van der Waals surface area contributed by atoms with E-state index < -0.39 is 0 Å². The number of nitrogen functional groups attached to an aromatic ring is 1. The minimum atomic E-state index is 0.482. The van der Waals surface area contributed by atoms with Gasteiger partial charge in [0.25, 0.3) is 0 Å². The molecular weight excluding hydrogens is 276 g/mol. The van der Waals surface area contributed by atoms with Crippen LogP contribution in [0.25, 0.3) is 0 Å². The lowest BCUT2D eigenvalue weighted by Gasteiger charge is -2.16. The second-order valence-electron chi connectivity index (χ2n) is 4.63. The number of unbranched alkanes of at least 4 members (excludes halogenated alkanes) is 3. The van der Waals surface area contributed by atoms with Crippen LogP contribution in [-0.2, 0) is 0 Å². The standard InChI is InChI=1S/C14H23BrN2/c1-3-4-5-6-7-11(2)17-14-9-8-12(15)10-13(14)16/h8-11,17H,3-7,16H2,1-2H3. The van der Waals surface area contributed by atoms with Crippen molar-refractivity contribution in [1.82, 2.24) is 0 Å². The van der Waals surface area contributed by atoms with Crippen molar-refractivity contribution in [2.24, 2.45) is 0 Å². The summed E-state index contributed by atoms with van der Waals surface area (Å²) in [6.45, 7) is 4.46. The van der Waals surface area contributed by atoms with Crippen LogP contribution in [0.1, 0.15) is 46.0 Å². The van der Waals surface area contributed by atoms with E-state index in [4.69, 9.17) is 5.73 Å². The Hall–Kier alpha value is -0.700. The third-order valence-corrected chi connectivity index (χ3v) is 3.40. The highest BCUT2D eigenvalue weighted by Gasteiger charge is 2.04. The van der Waals surface area contributed by atoms with Crippen molar-refractivity contribution in [2.75, 3.05) is 11.1 Å². The van der Waals surface area contributed by atoms with Gasteiger partial charge in [0.05, 0.1) is 11.4 Å². The van der Waals surface area contributed by atoms with E-state index in [1.807, 2.05) is 18.2 Å². The fourth-order valence-electron chi connectivity index (χ4n) is 1.88. The quantitative estimate of drug-likeness (QED) is 0.560. The Morgan fingerprint density at radius 1 is 1.29 bits per heavy atom. The number of benzene rings is 1. The summed E-state index contributed by atoms with van der Waals surface area (Å²) in [6, 6.07) is 6.46. The smallest absolute Gasteiger partial charge is 0.0576 e. The van der Waals surface area contributed by atoms with Crippen molar-refractivity contribution in [3.05, 3.63) is 22.7 Å². The van der Waals surface area contributed by atoms with E-state index in [1.165, 1.54) is 32.1 Å². The summed E-state index contributed by atoms with van der Waals surface area (Å²) >= 11 is 3.41. The van der Waals surface area contributed by atoms with Gasteiger partial charge in [0.1, 0.15) is 0 Å². The normalized spacial score (nSPS) is 12.4. The van der Waals surface area contributed by atoms with Crippen LogP contribution in [0.5, 0.6) is 0 Å². The highest BCUT2D eigenvalue weighted by Crippen LogP contribution is 2.24. The number of nitrogens with one attached hydrogen (secondary N) is 1. The van der Waals surface area contributed by atoms with E-state index in [2.05, 4.69) is 35.1 Å². The Morgan fingerprint density at radius 2 is 2.06 bits per heavy atom. The van der Waals surface area contributed by atoms with Crippen molar-refractivity contribution >= 4 is 27.3 Å². The largest absolute Gasteiger partial charge is 0.397 e. The zero-order chi connectivity index (χ0) is 12.7. The van der Waals surface area contributed by atoms with Crippen LogP contribution in [0.2, 0.25) is 0 Å². The molecule has 1 unspecified atom stereocenters. The lowest BCUT2D eigenvalue weighted by Crippen LogP contribution is -2.15. The van der Waals surface area contributed by atoms with Crippen LogP contribution in [0.3, 0.4) is 0 Å². The topological polar surface area (TPSA) is 38.0 Å². The molecule has 0 saturated carbocycles. The fraction of sp³-hybridized carbons (Fsp3) is 0.571. The van der Waals surface area contributed by atoms with Gasteiger partial charge in [-0.1, -0.05) is 48.5 Å². The average Bonchev–Trinajstić information content (AvgIpc) is 2.28. The average molecular weight is 299 g/mol. The summed E-state index contributed by atoms with van der Waals surface area (Å²) in [5.74, 6) is 0. The molecule has 0 amide bonds. The van der Waals surface area contributed by atoms with Crippen molar-refractivity contribution in [2.45, 2.75) is 52.0 Å². The molecule has 0 bridgehead atoms. The first kappa shape index (κ1) is 14.4. The van der Waals surface area contributed by atoms with Gasteiger partial charge >= 0.3 is 0 Å². The van der Waals surface area contributed by atoms with Crippen molar-refractivity contribution < 1.29 is 0 Å². The monoisotopic (exact) mass is 298 g/mol. The molecule has 0 spiro atoms. The van der Waals surface area contributed by atoms with Gasteiger partial charge in [-0.05, 0) is 31.5 Å². The maximum absolute atomic E-state index is 5.95. The summed E-state index contributed by atoms with van der Waals surface area (Å²) < 4.78 is 1.02. The molecule has 1 aromatic carbocycles. The highest BCUT2D eigenvalue weighted by molar-refractivity contribution is 9.10. The van der Waals surface area contributed by atoms with E-state index in [0.29, 0.717) is 6.04 Å². The molecule has 0 fully saturated rings. The number of anilines is 2. The number of hydrogen-bond donors (Lipinski definition) is 2. The van der Waals surface area contributed by atoms with Gasteiger partial charge in [0.15, 0.2) is 0 Å². The predicted octanol–water partition coefficient (Wildman–Crippen LogP) is 4.80. The molecule has 0 radical (unpaired) electrons. The lowest BCUT2D eigenvalue weighted by molar-refractivity contribution is 0.594. The van der Waals surface area contributed by atoms with Gasteiger partial charge in [0.2, 0.25) is 0 Å². The van der Waals surface area contributed by atoms with E-state index in [0.717, 1.165) is 15.8 Å². The first-order valence-electron chi connectivity index (χ1n) is 6.45. The third-order valence-electron chi connectivity index (χ3n) is 2.91. The molecule has 0 aliphatic carbocycles. The van der Waals surface area contributed by atoms with E-state index in [-0.39, 0.29) is 0 Å². The van der Waals surface area contributed by atoms with Gasteiger partial charge < -0.3 is 11.1 Å². The summed E-state index contributed by atoms with van der Waals surface area (Å²) in [5.41, 5.74) is 7.80. The van der Waals surface area contributed by atoms with Crippen LogP contribution < -0.4 is 11.1 Å². The second kappa shape index (κ2) is 7.59. The van der Waals surface area contributed by atoms with Crippen molar-refractivity contribution in [1.29, 1.82) is 0 Å². The number of hydrogen-bond acceptors (Lipinski definition) is 2. The molecule has 0 aliphatic heterocycles. The molecule has 1 atom stereocenters. The van der Waals surface area contributed by atoms with Crippen LogP contribution in [-0.4, -0.2) is 6.04 Å². The Morgan fingerprint density at radius 3 is 2.71 bits per heavy atom. The summed E-state index contributed by atoms with van der Waals surface area (Å²) in [5, 5.41) is 3.47. The van der Waals surface area contributed by atoms with Gasteiger partial charge in [-0.2, -0.15) is 0 Å². The van der Waals surface area contributed by atoms with Crippen LogP contribution in [0.4, 0.5) is 11.4 Å². The Balaban J connectivity index is 2.37. The van der Waals surface area contributed by atoms with Crippen molar-refractivity contribution in [3.63, 3.8) is 0 Å². The van der Waals surface area contributed by atoms with E-state index in [9.17, 15) is 0 Å². The second-order valence-corrected chi connectivity index (χ2v) is 5.54. The predicted molar refractivity (Wildman–Crippen MR) is 80.4 cm³/mol. The molecule has 0 heterocycles. The number of rotatable bonds is 7. The number of nitrogens with two attached hydrogens (primary N) is 1. The van der Waals surface area contributed by atoms with Gasteiger partial charge in [-0.3, -0.25) is 0 Å². The zero-order valence-corrected chi connectivity index (χ0v) is 12.4. The molecule has 0 aliphatic rings. The third kappa shape index (κ3) is 5.44. The molecule has 1 aromatic rings. The van der Waals surface area contributed by atoms with Crippen LogP contribution >= 0.6 is 15.9 Å². The van der Waals surface area contributed by atoms with Gasteiger partial charge in [0, 0.05) is 10.5 Å². The minimum absolute atomic E-state index is 0.482. The SMILES string of the molecule is CCCCCCC(C)Nc1ccc(Br)cc1N. The Labute approximate surface area is 113 Å². The molecule has 0 saturated heterocycles. The first-order valence-corrected chi connectivity index (χ1v) is 7.24. The van der Waals surface area contributed by atoms with Crippen LogP contribution in [0.15, 0.2) is 22.7 Å². The van der Waals surface area contributed by atoms with E-state index >= 15 is 0 Å². The summed E-state index contributed by atoms with van der Waals surface area (Å²) in [4.78, 5) is 0. The maximum atomic E-state index is 5.95. The van der Waals surface area contributed by atoms with E-state index in [1.54, 1.807) is 0 Å². The number of halogens is 1. The van der Waals surface area contributed by atoms with Gasteiger partial charge in [-0.15, -0.1) is 0 Å². The van der Waals surface area contributed by atoms with Crippen LogP contribution in [0, 0.1) is 0 Å². The molecule has 1 rings (SSSR count). The zero-order valence-electron chi connectivity index (χ0n) is 10.8. The summed E-state index contributed by atoms with van der Waals surface area (Å²) in [6.07, 6.45) is 6.46. The Bertz CT molecular complexity index is 339. The minimum Gasteiger partial charge on any atom is -0.397 e. The summed E-state index contributed by atoms with van der Waals surface area (Å²) in [7, 11) is 0. The van der Waals surface area contributed by atoms with Gasteiger partial charge in [-0.25, -0.2) is 0 Å². The molecule has 96 valence electrons. The molecule has 3 N–H and O–H groups in total. The molecule has 2 nitrogen and oxygen atoms in total.